The van der Waals surface area contributed by atoms with Gasteiger partial charge in [0.25, 0.3) is 0 Å². The second-order valence-electron chi connectivity index (χ2n) is 25.2. The van der Waals surface area contributed by atoms with Gasteiger partial charge in [0.1, 0.15) is 13.2 Å². The van der Waals surface area contributed by atoms with Crippen molar-refractivity contribution in [2.75, 3.05) is 13.2 Å². The summed E-state index contributed by atoms with van der Waals surface area (Å²) in [6.07, 6.45) is 91.4. The molecule has 486 valence electrons. The summed E-state index contributed by atoms with van der Waals surface area (Å²) >= 11 is 0. The molecule has 1 atom stereocenters. The van der Waals surface area contributed by atoms with E-state index in [-0.39, 0.29) is 31.1 Å². The van der Waals surface area contributed by atoms with Crippen LogP contribution in [0.4, 0.5) is 0 Å². The monoisotopic (exact) mass is 1160 g/mol. The fourth-order valence-corrected chi connectivity index (χ4v) is 11.2. The van der Waals surface area contributed by atoms with Crippen LogP contribution in [0.5, 0.6) is 0 Å². The van der Waals surface area contributed by atoms with Gasteiger partial charge in [-0.05, 0) is 103 Å². The molecule has 0 aliphatic heterocycles. The first-order chi connectivity index (χ1) is 41.0. The molecule has 6 nitrogen and oxygen atoms in total. The van der Waals surface area contributed by atoms with E-state index in [0.717, 1.165) is 64.2 Å². The maximum atomic E-state index is 13.0. The first kappa shape index (κ1) is 80.4. The Morgan fingerprint density at radius 1 is 0.241 bits per heavy atom. The van der Waals surface area contributed by atoms with Crippen LogP contribution >= 0.6 is 0 Å². The quantitative estimate of drug-likeness (QED) is 0.0261. The van der Waals surface area contributed by atoms with Crippen LogP contribution in [0.15, 0.2) is 48.6 Å². The molecule has 0 saturated heterocycles. The average molecular weight is 1160 g/mol. The third-order valence-electron chi connectivity index (χ3n) is 16.8. The predicted octanol–water partition coefficient (Wildman–Crippen LogP) is 25.7. The Morgan fingerprint density at radius 3 is 0.675 bits per heavy atom. The van der Waals surface area contributed by atoms with Crippen molar-refractivity contribution in [3.05, 3.63) is 48.6 Å². The van der Waals surface area contributed by atoms with Crippen molar-refractivity contribution in [2.24, 2.45) is 0 Å². The van der Waals surface area contributed by atoms with Gasteiger partial charge in [0.2, 0.25) is 0 Å². The molecule has 0 aromatic heterocycles. The van der Waals surface area contributed by atoms with E-state index in [2.05, 4.69) is 69.4 Å². The first-order valence-electron chi connectivity index (χ1n) is 37.1. The van der Waals surface area contributed by atoms with Gasteiger partial charge >= 0.3 is 17.9 Å². The van der Waals surface area contributed by atoms with Crippen LogP contribution in [0.25, 0.3) is 0 Å². The zero-order valence-corrected chi connectivity index (χ0v) is 56.0. The summed E-state index contributed by atoms with van der Waals surface area (Å²) in [5.74, 6) is -0.846. The van der Waals surface area contributed by atoms with E-state index >= 15 is 0 Å². The van der Waals surface area contributed by atoms with Crippen molar-refractivity contribution in [3.8, 4) is 0 Å². The number of esters is 3. The van der Waals surface area contributed by atoms with E-state index in [1.54, 1.807) is 0 Å². The van der Waals surface area contributed by atoms with Crippen molar-refractivity contribution >= 4 is 17.9 Å². The number of rotatable bonds is 69. The third-order valence-corrected chi connectivity index (χ3v) is 16.8. The minimum atomic E-state index is -0.776. The summed E-state index contributed by atoms with van der Waals surface area (Å²) in [5, 5.41) is 0. The molecular formula is C77H142O6. The van der Waals surface area contributed by atoms with Gasteiger partial charge in [0.05, 0.1) is 0 Å². The van der Waals surface area contributed by atoms with Gasteiger partial charge < -0.3 is 14.2 Å². The Bertz CT molecular complexity index is 1430. The maximum Gasteiger partial charge on any atom is 0.306 e. The van der Waals surface area contributed by atoms with E-state index < -0.39 is 6.10 Å². The maximum absolute atomic E-state index is 13.0. The number of carbonyl (C=O) groups excluding carboxylic acids is 3. The number of hydrogen-bond acceptors (Lipinski definition) is 6. The van der Waals surface area contributed by atoms with Crippen molar-refractivity contribution in [1.82, 2.24) is 0 Å². The Hall–Kier alpha value is -2.63. The minimum absolute atomic E-state index is 0.0705. The number of unbranched alkanes of at least 4 members (excludes halogenated alkanes) is 50. The lowest BCUT2D eigenvalue weighted by Gasteiger charge is -2.18. The van der Waals surface area contributed by atoms with Crippen molar-refractivity contribution in [3.63, 3.8) is 0 Å². The molecule has 0 heterocycles. The Labute approximate surface area is 518 Å². The number of allylic oxidation sites excluding steroid dienone is 8. The molecule has 0 amide bonds. The molecule has 0 aliphatic carbocycles. The number of ether oxygens (including phenoxy) is 3. The van der Waals surface area contributed by atoms with E-state index in [0.29, 0.717) is 19.3 Å². The molecule has 0 N–H and O–H groups in total. The summed E-state index contributed by atoms with van der Waals surface area (Å²) in [6.45, 7) is 6.69. The minimum Gasteiger partial charge on any atom is -0.462 e. The highest BCUT2D eigenvalue weighted by atomic mass is 16.6. The normalized spacial score (nSPS) is 12.3. The van der Waals surface area contributed by atoms with Gasteiger partial charge in [-0.1, -0.05) is 333 Å². The Morgan fingerprint density at radius 2 is 0.434 bits per heavy atom. The molecule has 83 heavy (non-hydrogen) atoms. The first-order valence-corrected chi connectivity index (χ1v) is 37.1. The second-order valence-corrected chi connectivity index (χ2v) is 25.2. The lowest BCUT2D eigenvalue weighted by molar-refractivity contribution is -0.167. The molecule has 0 spiro atoms. The lowest BCUT2D eigenvalue weighted by atomic mass is 10.0. The Kier molecular flexibility index (Phi) is 69.6. The van der Waals surface area contributed by atoms with E-state index in [1.807, 2.05) is 0 Å². The molecule has 0 rings (SSSR count). The van der Waals surface area contributed by atoms with Crippen molar-refractivity contribution < 1.29 is 28.6 Å². The topological polar surface area (TPSA) is 78.9 Å². The molecule has 0 saturated carbocycles. The largest absolute Gasteiger partial charge is 0.462 e. The summed E-state index contributed by atoms with van der Waals surface area (Å²) in [7, 11) is 0. The molecule has 0 aromatic rings. The molecular weight excluding hydrogens is 1020 g/mol. The third kappa shape index (κ3) is 70.0. The predicted molar refractivity (Wildman–Crippen MR) is 362 cm³/mol. The van der Waals surface area contributed by atoms with Crippen LogP contribution in [0.3, 0.4) is 0 Å². The van der Waals surface area contributed by atoms with Crippen LogP contribution in [0, 0.1) is 0 Å². The smallest absolute Gasteiger partial charge is 0.306 e. The number of hydrogen-bond donors (Lipinski definition) is 0. The molecule has 0 bridgehead atoms. The zero-order valence-electron chi connectivity index (χ0n) is 56.0. The SMILES string of the molecule is CCCCCCC/C=C\C/C=C\CCCCCCCCCCCCCCCCCC(=O)OCC(COC(=O)CCCCCCCCCCC/C=C\CCCCCCCC)OC(=O)CCCCCCCCCCC/C=C\CCCCCCCC. The van der Waals surface area contributed by atoms with Gasteiger partial charge in [-0.3, -0.25) is 14.4 Å². The number of carbonyl (C=O) groups is 3. The summed E-state index contributed by atoms with van der Waals surface area (Å²) in [6, 6.07) is 0. The lowest BCUT2D eigenvalue weighted by Crippen LogP contribution is -2.30. The van der Waals surface area contributed by atoms with Crippen molar-refractivity contribution in [2.45, 2.75) is 412 Å². The summed E-state index contributed by atoms with van der Waals surface area (Å²) in [4.78, 5) is 38.5. The fraction of sp³-hybridized carbons (Fsp3) is 0.857. The standard InChI is InChI=1S/C77H142O6/c1-4-7-10-13-16-19-22-25-28-31-34-35-36-37-38-39-40-41-44-46-49-52-55-58-61-64-67-70-76(79)82-73-74(83-77(80)71-68-65-62-59-56-53-50-47-43-33-30-27-24-21-18-15-12-9-6-3)72-81-75(78)69-66-63-60-57-54-51-48-45-42-32-29-26-23-20-17-14-11-8-5-2/h22,25-27,29-31,34,74H,4-21,23-24,28,32-33,35-73H2,1-3H3/b25-22-,29-26-,30-27-,34-31-. The van der Waals surface area contributed by atoms with Crippen LogP contribution in [-0.4, -0.2) is 37.2 Å². The molecule has 0 aliphatic rings. The highest BCUT2D eigenvalue weighted by Gasteiger charge is 2.19. The molecule has 6 heteroatoms. The summed E-state index contributed by atoms with van der Waals surface area (Å²) < 4.78 is 17.0. The van der Waals surface area contributed by atoms with Gasteiger partial charge in [0, 0.05) is 19.3 Å². The van der Waals surface area contributed by atoms with Crippen LogP contribution < -0.4 is 0 Å². The highest BCUT2D eigenvalue weighted by Crippen LogP contribution is 2.18. The van der Waals surface area contributed by atoms with Gasteiger partial charge in [0.15, 0.2) is 6.10 Å². The average Bonchev–Trinajstić information content (AvgIpc) is 3.50. The molecule has 0 radical (unpaired) electrons. The van der Waals surface area contributed by atoms with Crippen LogP contribution in [0.1, 0.15) is 406 Å². The highest BCUT2D eigenvalue weighted by molar-refractivity contribution is 5.71. The fourth-order valence-electron chi connectivity index (χ4n) is 11.2. The van der Waals surface area contributed by atoms with Crippen LogP contribution in [-0.2, 0) is 28.6 Å². The van der Waals surface area contributed by atoms with E-state index in [1.165, 1.54) is 302 Å². The molecule has 1 unspecified atom stereocenters. The molecule has 0 fully saturated rings. The van der Waals surface area contributed by atoms with Gasteiger partial charge in [-0.2, -0.15) is 0 Å². The van der Waals surface area contributed by atoms with Gasteiger partial charge in [-0.25, -0.2) is 0 Å². The zero-order chi connectivity index (χ0) is 59.9. The van der Waals surface area contributed by atoms with Crippen molar-refractivity contribution in [1.29, 1.82) is 0 Å². The Balaban J connectivity index is 4.29. The summed E-state index contributed by atoms with van der Waals surface area (Å²) in [5.41, 5.74) is 0. The second kappa shape index (κ2) is 71.8. The van der Waals surface area contributed by atoms with Gasteiger partial charge in [-0.15, -0.1) is 0 Å². The molecule has 0 aromatic carbocycles. The van der Waals surface area contributed by atoms with Crippen LogP contribution in [0.2, 0.25) is 0 Å². The van der Waals surface area contributed by atoms with E-state index in [4.69, 9.17) is 14.2 Å². The van der Waals surface area contributed by atoms with E-state index in [9.17, 15) is 14.4 Å².